The van der Waals surface area contributed by atoms with Crippen LogP contribution in [-0.2, 0) is 11.3 Å². The molecule has 0 spiro atoms. The van der Waals surface area contributed by atoms with E-state index in [4.69, 9.17) is 5.11 Å². The van der Waals surface area contributed by atoms with Crippen LogP contribution in [0, 0.1) is 5.92 Å². The predicted molar refractivity (Wildman–Crippen MR) is 79.7 cm³/mol. The SMILES string of the molecule is CCC(CCNC(=O)NCc1ccccn1)CCC(=O)O. The van der Waals surface area contributed by atoms with Crippen LogP contribution < -0.4 is 10.6 Å². The maximum absolute atomic E-state index is 11.6. The van der Waals surface area contributed by atoms with Crippen molar-refractivity contribution in [1.29, 1.82) is 0 Å². The van der Waals surface area contributed by atoms with E-state index in [1.54, 1.807) is 6.20 Å². The number of nitrogens with one attached hydrogen (secondary N) is 2. The minimum absolute atomic E-state index is 0.185. The highest BCUT2D eigenvalue weighted by atomic mass is 16.4. The van der Waals surface area contributed by atoms with Gasteiger partial charge in [-0.1, -0.05) is 19.4 Å². The summed E-state index contributed by atoms with van der Waals surface area (Å²) in [6.45, 7) is 2.97. The van der Waals surface area contributed by atoms with Crippen LogP contribution in [0.2, 0.25) is 0 Å². The van der Waals surface area contributed by atoms with Crippen LogP contribution in [0.5, 0.6) is 0 Å². The molecule has 1 unspecified atom stereocenters. The van der Waals surface area contributed by atoms with Gasteiger partial charge in [0.1, 0.15) is 0 Å². The molecule has 0 saturated carbocycles. The molecule has 3 N–H and O–H groups in total. The average Bonchev–Trinajstić information content (AvgIpc) is 2.49. The Morgan fingerprint density at radius 3 is 2.71 bits per heavy atom. The van der Waals surface area contributed by atoms with Gasteiger partial charge in [-0.2, -0.15) is 0 Å². The molecular weight excluding hydrogens is 270 g/mol. The summed E-state index contributed by atoms with van der Waals surface area (Å²) in [7, 11) is 0. The number of pyridine rings is 1. The molecular formula is C15H23N3O3. The molecule has 1 rings (SSSR count). The zero-order valence-electron chi connectivity index (χ0n) is 12.3. The number of hydrogen-bond donors (Lipinski definition) is 3. The maximum atomic E-state index is 11.6. The van der Waals surface area contributed by atoms with Gasteiger partial charge in [0.05, 0.1) is 12.2 Å². The quantitative estimate of drug-likeness (QED) is 0.650. The molecule has 6 nitrogen and oxygen atoms in total. The van der Waals surface area contributed by atoms with Gasteiger partial charge >= 0.3 is 12.0 Å². The van der Waals surface area contributed by atoms with Gasteiger partial charge in [0.2, 0.25) is 0 Å². The lowest BCUT2D eigenvalue weighted by Gasteiger charge is -2.14. The lowest BCUT2D eigenvalue weighted by molar-refractivity contribution is -0.137. The van der Waals surface area contributed by atoms with Gasteiger partial charge in [0, 0.05) is 19.2 Å². The minimum atomic E-state index is -0.769. The molecule has 0 aliphatic carbocycles. The van der Waals surface area contributed by atoms with Crippen molar-refractivity contribution in [2.24, 2.45) is 5.92 Å². The number of amides is 2. The molecule has 116 valence electrons. The van der Waals surface area contributed by atoms with Crippen LogP contribution >= 0.6 is 0 Å². The molecule has 0 aromatic carbocycles. The molecule has 0 bridgehead atoms. The summed E-state index contributed by atoms with van der Waals surface area (Å²) < 4.78 is 0. The van der Waals surface area contributed by atoms with E-state index in [2.05, 4.69) is 15.6 Å². The average molecular weight is 293 g/mol. The van der Waals surface area contributed by atoms with Crippen LogP contribution in [0.3, 0.4) is 0 Å². The molecule has 1 atom stereocenters. The first-order valence-electron chi connectivity index (χ1n) is 7.25. The third-order valence-electron chi connectivity index (χ3n) is 3.34. The molecule has 1 aromatic heterocycles. The van der Waals surface area contributed by atoms with Crippen molar-refractivity contribution >= 4 is 12.0 Å². The molecule has 6 heteroatoms. The standard InChI is InChI=1S/C15H23N3O3/c1-2-12(6-7-14(19)20)8-10-17-15(21)18-11-13-5-3-4-9-16-13/h3-5,9,12H,2,6-8,10-11H2,1H3,(H,19,20)(H2,17,18,21). The van der Waals surface area contributed by atoms with E-state index in [9.17, 15) is 9.59 Å². The van der Waals surface area contributed by atoms with E-state index < -0.39 is 5.97 Å². The lowest BCUT2D eigenvalue weighted by Crippen LogP contribution is -2.36. The molecule has 0 saturated heterocycles. The van der Waals surface area contributed by atoms with Gasteiger partial charge in [-0.25, -0.2) is 4.79 Å². The van der Waals surface area contributed by atoms with Gasteiger partial charge in [-0.05, 0) is 30.9 Å². The smallest absolute Gasteiger partial charge is 0.315 e. The third kappa shape index (κ3) is 7.91. The Hall–Kier alpha value is -2.11. The summed E-state index contributed by atoms with van der Waals surface area (Å²) in [6.07, 6.45) is 4.24. The number of rotatable bonds is 9. The maximum Gasteiger partial charge on any atom is 0.315 e. The predicted octanol–water partition coefficient (Wildman–Crippen LogP) is 2.16. The van der Waals surface area contributed by atoms with E-state index in [0.29, 0.717) is 25.4 Å². The van der Waals surface area contributed by atoms with E-state index >= 15 is 0 Å². The van der Waals surface area contributed by atoms with Crippen molar-refractivity contribution in [3.63, 3.8) is 0 Å². The van der Waals surface area contributed by atoms with Crippen molar-refractivity contribution < 1.29 is 14.7 Å². The largest absolute Gasteiger partial charge is 0.481 e. The number of carboxylic acids is 1. The van der Waals surface area contributed by atoms with E-state index in [-0.39, 0.29) is 12.5 Å². The van der Waals surface area contributed by atoms with Crippen molar-refractivity contribution in [3.05, 3.63) is 30.1 Å². The highest BCUT2D eigenvalue weighted by molar-refractivity contribution is 5.73. The fraction of sp³-hybridized carbons (Fsp3) is 0.533. The number of nitrogens with zero attached hydrogens (tertiary/aromatic N) is 1. The molecule has 21 heavy (non-hydrogen) atoms. The Labute approximate surface area is 125 Å². The van der Waals surface area contributed by atoms with Crippen molar-refractivity contribution in [2.45, 2.75) is 39.2 Å². The van der Waals surface area contributed by atoms with Crippen LogP contribution in [0.25, 0.3) is 0 Å². The summed E-state index contributed by atoms with van der Waals surface area (Å²) in [4.78, 5) is 26.3. The Balaban J connectivity index is 2.16. The van der Waals surface area contributed by atoms with Gasteiger partial charge < -0.3 is 15.7 Å². The van der Waals surface area contributed by atoms with Crippen molar-refractivity contribution in [1.82, 2.24) is 15.6 Å². The summed E-state index contributed by atoms with van der Waals surface area (Å²) >= 11 is 0. The zero-order chi connectivity index (χ0) is 15.5. The summed E-state index contributed by atoms with van der Waals surface area (Å²) in [6, 6.07) is 5.31. The fourth-order valence-electron chi connectivity index (χ4n) is 2.01. The highest BCUT2D eigenvalue weighted by Crippen LogP contribution is 2.14. The monoisotopic (exact) mass is 293 g/mol. The number of hydrogen-bond acceptors (Lipinski definition) is 3. The first kappa shape index (κ1) is 16.9. The number of aromatic nitrogens is 1. The van der Waals surface area contributed by atoms with Gasteiger partial charge in [0.25, 0.3) is 0 Å². The van der Waals surface area contributed by atoms with Gasteiger partial charge in [-0.3, -0.25) is 9.78 Å². The highest BCUT2D eigenvalue weighted by Gasteiger charge is 2.09. The summed E-state index contributed by atoms with van der Waals surface area (Å²) in [5.74, 6) is -0.438. The van der Waals surface area contributed by atoms with Gasteiger partial charge in [-0.15, -0.1) is 0 Å². The Bertz CT molecular complexity index is 437. The number of aliphatic carboxylic acids is 1. The Kier molecular flexibility index (Phi) is 7.86. The molecule has 1 aromatic rings. The Morgan fingerprint density at radius 1 is 1.29 bits per heavy atom. The molecule has 0 fully saturated rings. The molecule has 0 aliphatic heterocycles. The van der Waals surface area contributed by atoms with Crippen molar-refractivity contribution in [2.75, 3.05) is 6.54 Å². The number of carbonyl (C=O) groups is 2. The van der Waals surface area contributed by atoms with Crippen LogP contribution in [0.15, 0.2) is 24.4 Å². The molecule has 1 heterocycles. The topological polar surface area (TPSA) is 91.3 Å². The van der Waals surface area contributed by atoms with E-state index in [0.717, 1.165) is 18.5 Å². The first-order valence-corrected chi connectivity index (χ1v) is 7.25. The second-order valence-corrected chi connectivity index (χ2v) is 4.93. The van der Waals surface area contributed by atoms with Crippen molar-refractivity contribution in [3.8, 4) is 0 Å². The number of carboxylic acid groups (broad SMARTS) is 1. The summed E-state index contributed by atoms with van der Waals surface area (Å²) in [5.41, 5.74) is 0.806. The first-order chi connectivity index (χ1) is 10.1. The fourth-order valence-corrected chi connectivity index (χ4v) is 2.01. The minimum Gasteiger partial charge on any atom is -0.481 e. The lowest BCUT2D eigenvalue weighted by atomic mass is 9.97. The summed E-state index contributed by atoms with van der Waals surface area (Å²) in [5, 5.41) is 14.2. The van der Waals surface area contributed by atoms with E-state index in [1.807, 2.05) is 25.1 Å². The number of carbonyl (C=O) groups excluding carboxylic acids is 1. The van der Waals surface area contributed by atoms with Crippen LogP contribution in [0.4, 0.5) is 4.79 Å². The zero-order valence-corrected chi connectivity index (χ0v) is 12.3. The molecule has 0 radical (unpaired) electrons. The number of urea groups is 1. The molecule has 2 amide bonds. The third-order valence-corrected chi connectivity index (χ3v) is 3.34. The second-order valence-electron chi connectivity index (χ2n) is 4.93. The van der Waals surface area contributed by atoms with Crippen LogP contribution in [0.1, 0.15) is 38.3 Å². The van der Waals surface area contributed by atoms with Gasteiger partial charge in [0.15, 0.2) is 0 Å². The molecule has 0 aliphatic rings. The Morgan fingerprint density at radius 2 is 2.10 bits per heavy atom. The van der Waals surface area contributed by atoms with Crippen LogP contribution in [-0.4, -0.2) is 28.6 Å². The normalized spacial score (nSPS) is 11.7. The second kappa shape index (κ2) is 9.74. The van der Waals surface area contributed by atoms with E-state index in [1.165, 1.54) is 0 Å².